The van der Waals surface area contributed by atoms with Crippen LogP contribution < -0.4 is 0 Å². The van der Waals surface area contributed by atoms with E-state index in [0.29, 0.717) is 11.1 Å². The van der Waals surface area contributed by atoms with E-state index in [1.807, 2.05) is 6.92 Å². The number of halogens is 1. The van der Waals surface area contributed by atoms with Crippen molar-refractivity contribution in [1.82, 2.24) is 19.4 Å². The van der Waals surface area contributed by atoms with Crippen LogP contribution in [0.5, 0.6) is 0 Å². The van der Waals surface area contributed by atoms with Gasteiger partial charge in [-0.3, -0.25) is 4.90 Å². The second kappa shape index (κ2) is 4.21. The second-order valence-electron chi connectivity index (χ2n) is 5.15. The lowest BCUT2D eigenvalue weighted by molar-refractivity contribution is 0.175. The SMILES string of the molecule is Cc1c(Cl)cnc2c1nc1n2CCN(C(C)C)C1. The molecule has 0 aromatic carbocycles. The zero-order valence-corrected chi connectivity index (χ0v) is 11.7. The predicted octanol–water partition coefficient (Wildman–Crippen LogP) is 2.62. The lowest BCUT2D eigenvalue weighted by atomic mass is 10.2. The molecule has 4 nitrogen and oxygen atoms in total. The van der Waals surface area contributed by atoms with E-state index in [1.54, 1.807) is 6.20 Å². The summed E-state index contributed by atoms with van der Waals surface area (Å²) < 4.78 is 2.22. The standard InChI is InChI=1S/C13H17ClN4/c1-8(2)17-4-5-18-11(7-17)16-12-9(3)10(14)6-15-13(12)18/h6,8H,4-5,7H2,1-3H3. The van der Waals surface area contributed by atoms with E-state index in [9.17, 15) is 0 Å². The number of imidazole rings is 1. The third kappa shape index (κ3) is 1.71. The smallest absolute Gasteiger partial charge is 0.160 e. The van der Waals surface area contributed by atoms with E-state index in [1.165, 1.54) is 0 Å². The normalized spacial score (nSPS) is 16.5. The van der Waals surface area contributed by atoms with Gasteiger partial charge in [0.15, 0.2) is 5.65 Å². The van der Waals surface area contributed by atoms with Crippen molar-refractivity contribution in [1.29, 1.82) is 0 Å². The molecule has 0 atom stereocenters. The van der Waals surface area contributed by atoms with Gasteiger partial charge in [-0.15, -0.1) is 0 Å². The summed E-state index contributed by atoms with van der Waals surface area (Å²) in [7, 11) is 0. The van der Waals surface area contributed by atoms with Crippen molar-refractivity contribution in [2.24, 2.45) is 0 Å². The van der Waals surface area contributed by atoms with Gasteiger partial charge < -0.3 is 4.57 Å². The van der Waals surface area contributed by atoms with Crippen LogP contribution in [-0.2, 0) is 13.1 Å². The monoisotopic (exact) mass is 264 g/mol. The second-order valence-corrected chi connectivity index (χ2v) is 5.55. The van der Waals surface area contributed by atoms with Gasteiger partial charge in [0.05, 0.1) is 11.6 Å². The van der Waals surface area contributed by atoms with Crippen molar-refractivity contribution in [3.05, 3.63) is 22.6 Å². The summed E-state index contributed by atoms with van der Waals surface area (Å²) in [4.78, 5) is 11.6. The van der Waals surface area contributed by atoms with Crippen LogP contribution in [0.1, 0.15) is 25.2 Å². The molecule has 0 radical (unpaired) electrons. The van der Waals surface area contributed by atoms with E-state index in [0.717, 1.165) is 42.2 Å². The predicted molar refractivity (Wildman–Crippen MR) is 72.8 cm³/mol. The first-order chi connectivity index (χ1) is 8.58. The zero-order chi connectivity index (χ0) is 12.9. The fraction of sp³-hybridized carbons (Fsp3) is 0.538. The largest absolute Gasteiger partial charge is 0.310 e. The molecule has 0 fully saturated rings. The highest BCUT2D eigenvalue weighted by molar-refractivity contribution is 6.31. The molecule has 0 spiro atoms. The van der Waals surface area contributed by atoms with E-state index in [4.69, 9.17) is 16.6 Å². The number of fused-ring (bicyclic) bond motifs is 3. The maximum Gasteiger partial charge on any atom is 0.160 e. The molecule has 1 aliphatic rings. The molecule has 2 aromatic rings. The summed E-state index contributed by atoms with van der Waals surface area (Å²) in [5.74, 6) is 1.10. The van der Waals surface area contributed by atoms with Crippen LogP contribution in [0.2, 0.25) is 5.02 Å². The van der Waals surface area contributed by atoms with Crippen molar-refractivity contribution in [3.63, 3.8) is 0 Å². The summed E-state index contributed by atoms with van der Waals surface area (Å²) in [6.45, 7) is 9.35. The number of aryl methyl sites for hydroxylation is 1. The number of rotatable bonds is 1. The molecule has 0 unspecified atom stereocenters. The van der Waals surface area contributed by atoms with Crippen molar-refractivity contribution >= 4 is 22.8 Å². The van der Waals surface area contributed by atoms with E-state index in [2.05, 4.69) is 28.3 Å². The Kier molecular flexibility index (Phi) is 2.79. The molecule has 0 saturated heterocycles. The Morgan fingerprint density at radius 1 is 1.33 bits per heavy atom. The molecule has 0 amide bonds. The maximum absolute atomic E-state index is 6.11. The van der Waals surface area contributed by atoms with E-state index < -0.39 is 0 Å². The van der Waals surface area contributed by atoms with Crippen LogP contribution in [0, 0.1) is 6.92 Å². The van der Waals surface area contributed by atoms with Gasteiger partial charge >= 0.3 is 0 Å². The summed E-state index contributed by atoms with van der Waals surface area (Å²) in [6.07, 6.45) is 1.73. The van der Waals surface area contributed by atoms with Crippen LogP contribution in [0.4, 0.5) is 0 Å². The van der Waals surface area contributed by atoms with E-state index >= 15 is 0 Å². The lowest BCUT2D eigenvalue weighted by Gasteiger charge is -2.30. The third-order valence-corrected chi connectivity index (χ3v) is 4.10. The third-order valence-electron chi connectivity index (χ3n) is 3.72. The first-order valence-corrected chi connectivity index (χ1v) is 6.70. The first kappa shape index (κ1) is 11.9. The van der Waals surface area contributed by atoms with Crippen LogP contribution >= 0.6 is 11.6 Å². The van der Waals surface area contributed by atoms with Crippen LogP contribution in [0.25, 0.3) is 11.2 Å². The Balaban J connectivity index is 2.12. The Labute approximate surface area is 112 Å². The highest BCUT2D eigenvalue weighted by Crippen LogP contribution is 2.26. The van der Waals surface area contributed by atoms with Crippen molar-refractivity contribution in [3.8, 4) is 0 Å². The number of aromatic nitrogens is 3. The van der Waals surface area contributed by atoms with Gasteiger partial charge in [-0.05, 0) is 26.3 Å². The van der Waals surface area contributed by atoms with Crippen LogP contribution in [-0.4, -0.2) is 32.0 Å². The molecule has 5 heteroatoms. The van der Waals surface area contributed by atoms with Crippen molar-refractivity contribution in [2.45, 2.75) is 39.9 Å². The first-order valence-electron chi connectivity index (χ1n) is 6.32. The van der Waals surface area contributed by atoms with Crippen molar-refractivity contribution in [2.75, 3.05) is 6.54 Å². The Bertz CT molecular complexity index is 603. The van der Waals surface area contributed by atoms with Gasteiger partial charge in [-0.25, -0.2) is 9.97 Å². The van der Waals surface area contributed by atoms with Crippen LogP contribution in [0.3, 0.4) is 0 Å². The fourth-order valence-electron chi connectivity index (χ4n) is 2.49. The molecular formula is C13H17ClN4. The molecule has 0 aliphatic carbocycles. The lowest BCUT2D eigenvalue weighted by Crippen LogP contribution is -2.38. The molecule has 0 saturated carbocycles. The Hall–Kier alpha value is -1.13. The van der Waals surface area contributed by atoms with Gasteiger partial charge in [0.25, 0.3) is 0 Å². The minimum absolute atomic E-state index is 0.552. The van der Waals surface area contributed by atoms with E-state index in [-0.39, 0.29) is 0 Å². The topological polar surface area (TPSA) is 34.0 Å². The van der Waals surface area contributed by atoms with Crippen molar-refractivity contribution < 1.29 is 0 Å². The Morgan fingerprint density at radius 2 is 2.11 bits per heavy atom. The van der Waals surface area contributed by atoms with Gasteiger partial charge in [0.2, 0.25) is 0 Å². The molecule has 3 heterocycles. The summed E-state index contributed by atoms with van der Waals surface area (Å²) in [6, 6.07) is 0.552. The maximum atomic E-state index is 6.11. The highest BCUT2D eigenvalue weighted by atomic mass is 35.5. The number of nitrogens with zero attached hydrogens (tertiary/aromatic N) is 4. The summed E-state index contributed by atoms with van der Waals surface area (Å²) in [5, 5.41) is 0.693. The zero-order valence-electron chi connectivity index (χ0n) is 10.9. The van der Waals surface area contributed by atoms with Gasteiger partial charge in [0, 0.05) is 25.3 Å². The average Bonchev–Trinajstić information content (AvgIpc) is 2.72. The molecule has 96 valence electrons. The highest BCUT2D eigenvalue weighted by Gasteiger charge is 2.23. The van der Waals surface area contributed by atoms with Crippen LogP contribution in [0.15, 0.2) is 6.20 Å². The van der Waals surface area contributed by atoms with Gasteiger partial charge in [-0.1, -0.05) is 11.6 Å². The van der Waals surface area contributed by atoms with Gasteiger partial charge in [0.1, 0.15) is 11.3 Å². The number of hydrogen-bond acceptors (Lipinski definition) is 3. The molecule has 0 N–H and O–H groups in total. The number of hydrogen-bond donors (Lipinski definition) is 0. The van der Waals surface area contributed by atoms with Gasteiger partial charge in [-0.2, -0.15) is 0 Å². The number of pyridine rings is 1. The average molecular weight is 265 g/mol. The minimum atomic E-state index is 0.552. The quantitative estimate of drug-likeness (QED) is 0.794. The fourth-order valence-corrected chi connectivity index (χ4v) is 2.62. The summed E-state index contributed by atoms with van der Waals surface area (Å²) in [5.41, 5.74) is 2.94. The Morgan fingerprint density at radius 3 is 2.83 bits per heavy atom. The molecule has 1 aliphatic heterocycles. The molecule has 2 aromatic heterocycles. The molecule has 3 rings (SSSR count). The molecule has 0 bridgehead atoms. The summed E-state index contributed by atoms with van der Waals surface area (Å²) >= 11 is 6.11. The minimum Gasteiger partial charge on any atom is -0.310 e. The molecule has 18 heavy (non-hydrogen) atoms. The molecular weight excluding hydrogens is 248 g/mol.